The Morgan fingerprint density at radius 3 is 2.30 bits per heavy atom. The van der Waals surface area contributed by atoms with Gasteiger partial charge < -0.3 is 4.74 Å². The fourth-order valence-electron chi connectivity index (χ4n) is 1.87. The molecule has 3 nitrogen and oxygen atoms in total. The largest absolute Gasteiger partial charge is 0.489 e. The predicted octanol–water partition coefficient (Wildman–Crippen LogP) is 5.81. The lowest BCUT2D eigenvalue weighted by Crippen LogP contribution is -2.05. The summed E-state index contributed by atoms with van der Waals surface area (Å²) in [6.45, 7) is 6.13. The predicted molar refractivity (Wildman–Crippen MR) is 98.0 cm³/mol. The Kier molecular flexibility index (Phi) is 9.15. The summed E-state index contributed by atoms with van der Waals surface area (Å²) >= 11 is 7.71. The molecule has 0 atom stereocenters. The number of thioether (sulfide) groups is 1. The third kappa shape index (κ3) is 8.35. The number of carbonyl (C=O) groups excluding carboxylic acids is 2. The van der Waals surface area contributed by atoms with Crippen LogP contribution in [0.1, 0.15) is 11.1 Å². The Hall–Kier alpha value is -2.21. The Balaban J connectivity index is 0.00000114. The summed E-state index contributed by atoms with van der Waals surface area (Å²) in [6.07, 6.45) is -4.09. The van der Waals surface area contributed by atoms with E-state index in [0.29, 0.717) is 16.5 Å². The van der Waals surface area contributed by atoms with Crippen LogP contribution >= 0.6 is 23.4 Å². The fraction of sp³-hybridized carbons (Fsp3) is 0.211. The minimum atomic E-state index is -4.34. The normalized spacial score (nSPS) is 10.4. The number of hydrogen-bond donors (Lipinski definition) is 0. The number of halogens is 4. The number of rotatable bonds is 6. The first-order valence-corrected chi connectivity index (χ1v) is 8.88. The van der Waals surface area contributed by atoms with Gasteiger partial charge in [-0.25, -0.2) is 0 Å². The highest BCUT2D eigenvalue weighted by atomic mass is 35.5. The van der Waals surface area contributed by atoms with E-state index >= 15 is 0 Å². The van der Waals surface area contributed by atoms with E-state index in [-0.39, 0.29) is 12.8 Å². The molecular formula is C19H16ClF3O3S. The van der Waals surface area contributed by atoms with Gasteiger partial charge in [-0.1, -0.05) is 24.2 Å². The zero-order valence-corrected chi connectivity index (χ0v) is 15.9. The van der Waals surface area contributed by atoms with Crippen LogP contribution in [0.15, 0.2) is 59.5 Å². The first-order chi connectivity index (χ1) is 12.7. The van der Waals surface area contributed by atoms with Crippen LogP contribution in [0.2, 0.25) is 5.02 Å². The van der Waals surface area contributed by atoms with Crippen molar-refractivity contribution in [3.05, 3.63) is 70.8 Å². The molecule has 8 heteroatoms. The second-order valence-corrected chi connectivity index (χ2v) is 6.79. The van der Waals surface area contributed by atoms with Crippen LogP contribution < -0.4 is 4.74 Å². The molecule has 2 aromatic carbocycles. The highest BCUT2D eigenvalue weighted by Crippen LogP contribution is 2.31. The first-order valence-electron chi connectivity index (χ1n) is 7.52. The highest BCUT2D eigenvalue weighted by Gasteiger charge is 2.29. The van der Waals surface area contributed by atoms with E-state index in [1.807, 2.05) is 25.1 Å². The lowest BCUT2D eigenvalue weighted by atomic mass is 10.2. The fourth-order valence-corrected chi connectivity index (χ4v) is 3.07. The molecule has 0 radical (unpaired) electrons. The Morgan fingerprint density at radius 2 is 1.78 bits per heavy atom. The third-order valence-corrected chi connectivity index (χ3v) is 4.79. The minimum absolute atomic E-state index is 0.238. The zero-order valence-electron chi connectivity index (χ0n) is 14.3. The van der Waals surface area contributed by atoms with Gasteiger partial charge >= 0.3 is 12.3 Å². The molecule has 2 aromatic rings. The van der Waals surface area contributed by atoms with Gasteiger partial charge in [0, 0.05) is 10.6 Å². The van der Waals surface area contributed by atoms with Crippen LogP contribution in [0.4, 0.5) is 13.2 Å². The van der Waals surface area contributed by atoms with E-state index in [4.69, 9.17) is 25.9 Å². The van der Waals surface area contributed by atoms with E-state index < -0.39 is 11.7 Å². The molecule has 0 bridgehead atoms. The van der Waals surface area contributed by atoms with Gasteiger partial charge in [-0.15, -0.1) is 11.8 Å². The van der Waals surface area contributed by atoms with E-state index in [0.717, 1.165) is 28.2 Å². The number of hydrogen-bond acceptors (Lipinski definition) is 4. The Labute approximate surface area is 164 Å². The lowest BCUT2D eigenvalue weighted by Gasteiger charge is -2.11. The summed E-state index contributed by atoms with van der Waals surface area (Å²) in [5, 5.41) is 0.691. The van der Waals surface area contributed by atoms with Crippen molar-refractivity contribution in [2.45, 2.75) is 18.0 Å². The zero-order chi connectivity index (χ0) is 20.4. The minimum Gasteiger partial charge on any atom is -0.489 e. The molecule has 0 spiro atoms. The summed E-state index contributed by atoms with van der Waals surface area (Å²) in [5.41, 5.74) is 1.21. The number of benzene rings is 2. The molecule has 0 aliphatic rings. The van der Waals surface area contributed by atoms with Crippen molar-refractivity contribution in [3.8, 4) is 5.75 Å². The van der Waals surface area contributed by atoms with Gasteiger partial charge in [0.2, 0.25) is 0 Å². The number of alkyl halides is 3. The van der Waals surface area contributed by atoms with Gasteiger partial charge in [-0.3, -0.25) is 0 Å². The monoisotopic (exact) mass is 416 g/mol. The summed E-state index contributed by atoms with van der Waals surface area (Å²) in [7, 11) is 0. The molecule has 27 heavy (non-hydrogen) atoms. The van der Waals surface area contributed by atoms with Gasteiger partial charge in [0.15, 0.2) is 0 Å². The maximum atomic E-state index is 12.5. The van der Waals surface area contributed by atoms with Crippen molar-refractivity contribution >= 4 is 29.5 Å². The average molecular weight is 417 g/mol. The van der Waals surface area contributed by atoms with Gasteiger partial charge in [-0.05, 0) is 54.5 Å². The summed E-state index contributed by atoms with van der Waals surface area (Å²) in [4.78, 5) is 17.2. The molecule has 0 saturated carbocycles. The molecule has 0 aliphatic carbocycles. The molecule has 0 amide bonds. The second-order valence-electron chi connectivity index (χ2n) is 5.37. The summed E-state index contributed by atoms with van der Waals surface area (Å²) < 4.78 is 42.9. The van der Waals surface area contributed by atoms with Gasteiger partial charge in [0.25, 0.3) is 0 Å². The molecule has 0 unspecified atom stereocenters. The van der Waals surface area contributed by atoms with Gasteiger partial charge in [0.05, 0.1) is 10.6 Å². The lowest BCUT2D eigenvalue weighted by molar-refractivity contribution is -0.191. The van der Waals surface area contributed by atoms with Crippen molar-refractivity contribution in [3.63, 3.8) is 0 Å². The maximum absolute atomic E-state index is 12.5. The van der Waals surface area contributed by atoms with E-state index in [1.165, 1.54) is 12.1 Å². The van der Waals surface area contributed by atoms with Gasteiger partial charge in [-0.2, -0.15) is 22.8 Å². The Bertz CT molecular complexity index is 799. The van der Waals surface area contributed by atoms with E-state index in [1.54, 1.807) is 11.8 Å². The topological polar surface area (TPSA) is 43.4 Å². The van der Waals surface area contributed by atoms with Crippen LogP contribution in [0, 0.1) is 6.92 Å². The second kappa shape index (κ2) is 10.8. The van der Waals surface area contributed by atoms with Crippen molar-refractivity contribution in [1.29, 1.82) is 0 Å². The standard InChI is InChI=1S/C18H16ClF3OS.CO2/c1-12-3-8-17(16(19)9-12)24-11-13(2)10-23-15-6-4-14(5-7-15)18(20,21)22;2-1-3/h3-9H,2,10-11H2,1H3;. The van der Waals surface area contributed by atoms with Crippen LogP contribution in [0.5, 0.6) is 5.75 Å². The van der Waals surface area contributed by atoms with Crippen molar-refractivity contribution in [2.24, 2.45) is 0 Å². The van der Waals surface area contributed by atoms with Gasteiger partial charge in [0.1, 0.15) is 12.4 Å². The molecule has 2 rings (SSSR count). The summed E-state index contributed by atoms with van der Waals surface area (Å²) in [5.74, 6) is 0.992. The molecular weight excluding hydrogens is 401 g/mol. The molecule has 0 aliphatic heterocycles. The average Bonchev–Trinajstić information content (AvgIpc) is 2.59. The smallest absolute Gasteiger partial charge is 0.416 e. The quantitative estimate of drug-likeness (QED) is 0.440. The maximum Gasteiger partial charge on any atom is 0.416 e. The van der Waals surface area contributed by atoms with Crippen molar-refractivity contribution < 1.29 is 27.5 Å². The van der Waals surface area contributed by atoms with Crippen LogP contribution in [-0.4, -0.2) is 18.5 Å². The van der Waals surface area contributed by atoms with Crippen LogP contribution in [-0.2, 0) is 15.8 Å². The molecule has 0 heterocycles. The van der Waals surface area contributed by atoms with Crippen molar-refractivity contribution in [1.82, 2.24) is 0 Å². The molecule has 0 saturated heterocycles. The number of ether oxygens (including phenoxy) is 1. The summed E-state index contributed by atoms with van der Waals surface area (Å²) in [6, 6.07) is 10.4. The van der Waals surface area contributed by atoms with E-state index in [9.17, 15) is 13.2 Å². The first kappa shape index (κ1) is 22.8. The molecule has 0 N–H and O–H groups in total. The SMILES string of the molecule is C=C(COc1ccc(C(F)(F)F)cc1)CSc1ccc(C)cc1Cl.O=C=O. The number of aryl methyl sites for hydroxylation is 1. The van der Waals surface area contributed by atoms with Crippen LogP contribution in [0.3, 0.4) is 0 Å². The van der Waals surface area contributed by atoms with Crippen molar-refractivity contribution in [2.75, 3.05) is 12.4 Å². The molecule has 0 aromatic heterocycles. The molecule has 0 fully saturated rings. The van der Waals surface area contributed by atoms with E-state index in [2.05, 4.69) is 6.58 Å². The molecule has 144 valence electrons. The van der Waals surface area contributed by atoms with Crippen LogP contribution in [0.25, 0.3) is 0 Å². The third-order valence-electron chi connectivity index (χ3n) is 3.14. The Morgan fingerprint density at radius 1 is 1.19 bits per heavy atom. The highest BCUT2D eigenvalue weighted by molar-refractivity contribution is 7.99.